The van der Waals surface area contributed by atoms with Crippen LogP contribution in [0.4, 0.5) is 0 Å². The number of benzene rings is 1. The molecule has 0 heterocycles. The lowest BCUT2D eigenvalue weighted by atomic mass is 9.94. The first-order valence-electron chi connectivity index (χ1n) is 8.14. The molecular weight excluding hydrogens is 262 g/mol. The molecule has 2 rings (SSSR count). The van der Waals surface area contributed by atoms with Gasteiger partial charge in [0.2, 0.25) is 0 Å². The van der Waals surface area contributed by atoms with Crippen LogP contribution in [0.1, 0.15) is 55.8 Å². The summed E-state index contributed by atoms with van der Waals surface area (Å²) in [6, 6.07) is 6.69. The van der Waals surface area contributed by atoms with Gasteiger partial charge in [0.25, 0.3) is 0 Å². The van der Waals surface area contributed by atoms with E-state index in [4.69, 9.17) is 4.74 Å². The molecule has 1 aromatic rings. The van der Waals surface area contributed by atoms with Crippen molar-refractivity contribution < 1.29 is 9.84 Å². The smallest absolute Gasteiger partial charge is 0.124 e. The molecule has 1 fully saturated rings. The van der Waals surface area contributed by atoms with Crippen LogP contribution in [0.2, 0.25) is 0 Å². The molecule has 1 aromatic carbocycles. The second-order valence-electron chi connectivity index (χ2n) is 6.32. The Balaban J connectivity index is 1.91. The molecule has 21 heavy (non-hydrogen) atoms. The lowest BCUT2D eigenvalue weighted by Crippen LogP contribution is -2.34. The molecule has 0 bridgehead atoms. The van der Waals surface area contributed by atoms with Crippen LogP contribution in [0.25, 0.3) is 0 Å². The Kier molecular flexibility index (Phi) is 6.07. The monoisotopic (exact) mass is 291 g/mol. The minimum absolute atomic E-state index is 0.453. The number of aliphatic hydroxyl groups excluding tert-OH is 1. The topological polar surface area (TPSA) is 32.7 Å². The highest BCUT2D eigenvalue weighted by Crippen LogP contribution is 2.29. The summed E-state index contributed by atoms with van der Waals surface area (Å²) in [6.45, 7) is 2.98. The fraction of sp³-hybridized carbons (Fsp3) is 0.667. The molecule has 0 aliphatic heterocycles. The lowest BCUT2D eigenvalue weighted by Gasteiger charge is -2.31. The Bertz CT molecular complexity index is 441. The standard InChI is InChI=1S/C18H29NO2/c1-14-9-10-18(21-3)16(13-14)17(20)11-12-19(2)15-7-5-4-6-8-15/h9-10,13,15,17,20H,4-8,11-12H2,1-3H3. The van der Waals surface area contributed by atoms with Crippen molar-refractivity contribution in [1.29, 1.82) is 0 Å². The number of hydrogen-bond donors (Lipinski definition) is 1. The highest BCUT2D eigenvalue weighted by atomic mass is 16.5. The quantitative estimate of drug-likeness (QED) is 0.867. The highest BCUT2D eigenvalue weighted by Gasteiger charge is 2.20. The molecule has 3 nitrogen and oxygen atoms in total. The third kappa shape index (κ3) is 4.45. The molecule has 0 radical (unpaired) electrons. The first-order chi connectivity index (χ1) is 10.1. The number of ether oxygens (including phenoxy) is 1. The van der Waals surface area contributed by atoms with Gasteiger partial charge in [-0.15, -0.1) is 0 Å². The van der Waals surface area contributed by atoms with Crippen molar-refractivity contribution in [2.75, 3.05) is 20.7 Å². The second kappa shape index (κ2) is 7.81. The third-order valence-electron chi connectivity index (χ3n) is 4.70. The summed E-state index contributed by atoms with van der Waals surface area (Å²) in [6.07, 6.45) is 7.00. The lowest BCUT2D eigenvalue weighted by molar-refractivity contribution is 0.123. The Morgan fingerprint density at radius 1 is 1.29 bits per heavy atom. The van der Waals surface area contributed by atoms with E-state index >= 15 is 0 Å². The summed E-state index contributed by atoms with van der Waals surface area (Å²) >= 11 is 0. The highest BCUT2D eigenvalue weighted by molar-refractivity contribution is 5.38. The van der Waals surface area contributed by atoms with Crippen LogP contribution in [-0.4, -0.2) is 36.8 Å². The van der Waals surface area contributed by atoms with Crippen LogP contribution >= 0.6 is 0 Å². The van der Waals surface area contributed by atoms with Gasteiger partial charge in [0.1, 0.15) is 5.75 Å². The Labute approximate surface area is 128 Å². The van der Waals surface area contributed by atoms with Crippen molar-refractivity contribution >= 4 is 0 Å². The van der Waals surface area contributed by atoms with Crippen LogP contribution in [-0.2, 0) is 0 Å². The summed E-state index contributed by atoms with van der Waals surface area (Å²) in [5.74, 6) is 0.786. The van der Waals surface area contributed by atoms with Crippen LogP contribution in [0.15, 0.2) is 18.2 Å². The van der Waals surface area contributed by atoms with E-state index in [1.807, 2.05) is 25.1 Å². The van der Waals surface area contributed by atoms with Crippen LogP contribution in [0.3, 0.4) is 0 Å². The van der Waals surface area contributed by atoms with Gasteiger partial charge in [-0.05, 0) is 45.4 Å². The number of methoxy groups -OCH3 is 1. The van der Waals surface area contributed by atoms with Crippen LogP contribution in [0, 0.1) is 6.92 Å². The van der Waals surface area contributed by atoms with E-state index in [-0.39, 0.29) is 0 Å². The normalized spacial score (nSPS) is 18.0. The summed E-state index contributed by atoms with van der Waals surface area (Å²) in [7, 11) is 3.85. The van der Waals surface area contributed by atoms with Gasteiger partial charge in [-0.1, -0.05) is 30.9 Å². The second-order valence-corrected chi connectivity index (χ2v) is 6.32. The molecule has 0 amide bonds. The van der Waals surface area contributed by atoms with Gasteiger partial charge in [0.05, 0.1) is 13.2 Å². The van der Waals surface area contributed by atoms with Gasteiger partial charge in [-0.2, -0.15) is 0 Å². The maximum Gasteiger partial charge on any atom is 0.124 e. The summed E-state index contributed by atoms with van der Waals surface area (Å²) in [5.41, 5.74) is 2.07. The molecule has 0 saturated heterocycles. The van der Waals surface area contributed by atoms with E-state index in [1.165, 1.54) is 32.1 Å². The molecular formula is C18H29NO2. The predicted octanol–water partition coefficient (Wildman–Crippen LogP) is 3.69. The molecule has 1 aliphatic rings. The summed E-state index contributed by atoms with van der Waals surface area (Å²) in [4.78, 5) is 2.42. The van der Waals surface area contributed by atoms with Crippen molar-refractivity contribution in [2.24, 2.45) is 0 Å². The van der Waals surface area contributed by atoms with E-state index in [1.54, 1.807) is 7.11 Å². The largest absolute Gasteiger partial charge is 0.496 e. The van der Waals surface area contributed by atoms with Crippen molar-refractivity contribution in [1.82, 2.24) is 4.90 Å². The van der Waals surface area contributed by atoms with Crippen molar-refractivity contribution in [3.05, 3.63) is 29.3 Å². The Morgan fingerprint density at radius 3 is 2.67 bits per heavy atom. The molecule has 1 atom stereocenters. The summed E-state index contributed by atoms with van der Waals surface area (Å²) in [5, 5.41) is 10.5. The average Bonchev–Trinajstić information content (AvgIpc) is 2.53. The van der Waals surface area contributed by atoms with Gasteiger partial charge in [0, 0.05) is 18.2 Å². The van der Waals surface area contributed by atoms with E-state index in [9.17, 15) is 5.11 Å². The predicted molar refractivity (Wildman–Crippen MR) is 86.8 cm³/mol. The van der Waals surface area contributed by atoms with E-state index in [0.29, 0.717) is 6.04 Å². The molecule has 3 heteroatoms. The molecule has 1 saturated carbocycles. The van der Waals surface area contributed by atoms with E-state index < -0.39 is 6.10 Å². The van der Waals surface area contributed by atoms with Gasteiger partial charge >= 0.3 is 0 Å². The van der Waals surface area contributed by atoms with Crippen molar-refractivity contribution in [3.8, 4) is 5.75 Å². The van der Waals surface area contributed by atoms with Gasteiger partial charge in [-0.3, -0.25) is 0 Å². The van der Waals surface area contributed by atoms with Gasteiger partial charge in [0.15, 0.2) is 0 Å². The molecule has 0 aromatic heterocycles. The third-order valence-corrected chi connectivity index (χ3v) is 4.70. The Hall–Kier alpha value is -1.06. The zero-order valence-electron chi connectivity index (χ0n) is 13.6. The first-order valence-corrected chi connectivity index (χ1v) is 8.14. The zero-order chi connectivity index (χ0) is 15.2. The first kappa shape index (κ1) is 16.3. The fourth-order valence-corrected chi connectivity index (χ4v) is 3.30. The van der Waals surface area contributed by atoms with Gasteiger partial charge in [-0.25, -0.2) is 0 Å². The van der Waals surface area contributed by atoms with Gasteiger partial charge < -0.3 is 14.7 Å². The SMILES string of the molecule is COc1ccc(C)cc1C(O)CCN(C)C1CCCCC1. The summed E-state index contributed by atoms with van der Waals surface area (Å²) < 4.78 is 5.37. The molecule has 1 N–H and O–H groups in total. The fourth-order valence-electron chi connectivity index (χ4n) is 3.30. The average molecular weight is 291 g/mol. The van der Waals surface area contributed by atoms with Crippen LogP contribution in [0.5, 0.6) is 5.75 Å². The van der Waals surface area contributed by atoms with Crippen molar-refractivity contribution in [2.45, 2.75) is 57.6 Å². The van der Waals surface area contributed by atoms with E-state index in [2.05, 4.69) is 11.9 Å². The number of nitrogens with zero attached hydrogens (tertiary/aromatic N) is 1. The maximum atomic E-state index is 10.5. The number of aryl methyl sites for hydroxylation is 1. The molecule has 1 aliphatic carbocycles. The van der Waals surface area contributed by atoms with Crippen molar-refractivity contribution in [3.63, 3.8) is 0 Å². The minimum atomic E-state index is -0.453. The zero-order valence-corrected chi connectivity index (χ0v) is 13.6. The Morgan fingerprint density at radius 2 is 2.00 bits per heavy atom. The molecule has 118 valence electrons. The van der Waals surface area contributed by atoms with Crippen LogP contribution < -0.4 is 4.74 Å². The number of hydrogen-bond acceptors (Lipinski definition) is 3. The molecule has 0 spiro atoms. The van der Waals surface area contributed by atoms with E-state index in [0.717, 1.165) is 29.8 Å². The number of aliphatic hydroxyl groups is 1. The minimum Gasteiger partial charge on any atom is -0.496 e. The number of rotatable bonds is 6. The molecule has 1 unspecified atom stereocenters. The maximum absolute atomic E-state index is 10.5.